The van der Waals surface area contributed by atoms with Gasteiger partial charge in [0.1, 0.15) is 0 Å². The first kappa shape index (κ1) is 16.2. The van der Waals surface area contributed by atoms with Crippen molar-refractivity contribution in [3.8, 4) is 0 Å². The van der Waals surface area contributed by atoms with Crippen LogP contribution in [0, 0.1) is 0 Å². The second-order valence-electron chi connectivity index (χ2n) is 5.90. The highest BCUT2D eigenvalue weighted by Crippen LogP contribution is 2.28. The van der Waals surface area contributed by atoms with Crippen LogP contribution in [0.3, 0.4) is 0 Å². The van der Waals surface area contributed by atoms with E-state index >= 15 is 0 Å². The minimum Gasteiger partial charge on any atom is -0.390 e. The lowest BCUT2D eigenvalue weighted by atomic mass is 9.93. The molecular formula is C15H22BrClN2O. The number of likely N-dealkylation sites (tertiary alicyclic amines) is 1. The minimum atomic E-state index is -0.492. The van der Waals surface area contributed by atoms with Crippen molar-refractivity contribution in [1.29, 1.82) is 0 Å². The zero-order chi connectivity index (χ0) is 14.8. The number of hydrogen-bond donors (Lipinski definition) is 2. The molecular weight excluding hydrogens is 340 g/mol. The smallest absolute Gasteiger partial charge is 0.0644 e. The fourth-order valence-electron chi connectivity index (χ4n) is 2.54. The zero-order valence-corrected chi connectivity index (χ0v) is 14.1. The summed E-state index contributed by atoms with van der Waals surface area (Å²) in [6, 6.07) is 5.80. The van der Waals surface area contributed by atoms with E-state index in [9.17, 15) is 5.11 Å². The fourth-order valence-corrected chi connectivity index (χ4v) is 3.35. The molecule has 1 aromatic carbocycles. The van der Waals surface area contributed by atoms with Crippen LogP contribution in [-0.4, -0.2) is 35.2 Å². The van der Waals surface area contributed by atoms with Gasteiger partial charge in [0.25, 0.3) is 0 Å². The van der Waals surface area contributed by atoms with Crippen LogP contribution in [-0.2, 0) is 0 Å². The summed E-state index contributed by atoms with van der Waals surface area (Å²) in [7, 11) is 0. The van der Waals surface area contributed by atoms with Gasteiger partial charge in [-0.3, -0.25) is 0 Å². The van der Waals surface area contributed by atoms with Gasteiger partial charge in [0.05, 0.1) is 5.60 Å². The number of halogens is 2. The van der Waals surface area contributed by atoms with Gasteiger partial charge < -0.3 is 15.7 Å². The van der Waals surface area contributed by atoms with Crippen molar-refractivity contribution in [2.24, 2.45) is 5.73 Å². The van der Waals surface area contributed by atoms with Crippen molar-refractivity contribution >= 4 is 27.5 Å². The number of piperidine rings is 1. The molecule has 0 saturated carbocycles. The maximum atomic E-state index is 9.94. The van der Waals surface area contributed by atoms with E-state index in [4.69, 9.17) is 17.3 Å². The standard InChI is InChI=1S/C15H22BrClN2O/c1-15(20)5-8-19(9-6-15)7-4-14(18)12-3-2-11(16)10-13(12)17/h2-3,10,14,20H,4-9,18H2,1H3. The van der Waals surface area contributed by atoms with Crippen molar-refractivity contribution in [3.63, 3.8) is 0 Å². The Morgan fingerprint density at radius 3 is 2.70 bits per heavy atom. The maximum Gasteiger partial charge on any atom is 0.0644 e. The van der Waals surface area contributed by atoms with Crippen LogP contribution < -0.4 is 5.73 Å². The lowest BCUT2D eigenvalue weighted by molar-refractivity contribution is -0.00576. The summed E-state index contributed by atoms with van der Waals surface area (Å²) < 4.78 is 0.969. The number of nitrogens with two attached hydrogens (primary N) is 1. The number of hydrogen-bond acceptors (Lipinski definition) is 3. The first-order valence-corrected chi connectivity index (χ1v) is 8.20. The van der Waals surface area contributed by atoms with Crippen molar-refractivity contribution in [2.45, 2.75) is 37.8 Å². The van der Waals surface area contributed by atoms with Crippen molar-refractivity contribution < 1.29 is 5.11 Å². The van der Waals surface area contributed by atoms with Gasteiger partial charge in [-0.2, -0.15) is 0 Å². The molecule has 1 heterocycles. The van der Waals surface area contributed by atoms with Gasteiger partial charge in [-0.25, -0.2) is 0 Å². The Balaban J connectivity index is 1.85. The Kier molecular flexibility index (Phi) is 5.49. The Bertz CT molecular complexity index is 457. The Labute approximate surface area is 134 Å². The molecule has 0 aromatic heterocycles. The van der Waals surface area contributed by atoms with Crippen LogP contribution in [0.5, 0.6) is 0 Å². The molecule has 1 saturated heterocycles. The normalized spacial score (nSPS) is 20.9. The molecule has 1 unspecified atom stereocenters. The third kappa shape index (κ3) is 4.43. The van der Waals surface area contributed by atoms with E-state index in [1.807, 2.05) is 25.1 Å². The highest BCUT2D eigenvalue weighted by molar-refractivity contribution is 9.10. The number of aliphatic hydroxyl groups is 1. The van der Waals surface area contributed by atoms with Crippen LogP contribution in [0.25, 0.3) is 0 Å². The number of benzene rings is 1. The van der Waals surface area contributed by atoms with Gasteiger partial charge in [0.2, 0.25) is 0 Å². The summed E-state index contributed by atoms with van der Waals surface area (Å²) in [5, 5.41) is 10.7. The molecule has 0 radical (unpaired) electrons. The molecule has 0 spiro atoms. The van der Waals surface area contributed by atoms with E-state index in [2.05, 4.69) is 20.8 Å². The van der Waals surface area contributed by atoms with Crippen LogP contribution in [0.1, 0.15) is 37.8 Å². The molecule has 2 rings (SSSR count). The summed E-state index contributed by atoms with van der Waals surface area (Å²) in [4.78, 5) is 2.37. The van der Waals surface area contributed by atoms with E-state index in [-0.39, 0.29) is 6.04 Å². The van der Waals surface area contributed by atoms with E-state index < -0.39 is 5.60 Å². The number of nitrogens with zero attached hydrogens (tertiary/aromatic N) is 1. The SMILES string of the molecule is CC1(O)CCN(CCC(N)c2ccc(Br)cc2Cl)CC1. The van der Waals surface area contributed by atoms with Crippen LogP contribution >= 0.6 is 27.5 Å². The quantitative estimate of drug-likeness (QED) is 0.865. The van der Waals surface area contributed by atoms with Crippen molar-refractivity contribution in [1.82, 2.24) is 4.90 Å². The minimum absolute atomic E-state index is 0.0435. The van der Waals surface area contributed by atoms with E-state index in [1.54, 1.807) is 0 Å². The molecule has 1 aliphatic rings. The molecule has 3 N–H and O–H groups in total. The lowest BCUT2D eigenvalue weighted by Gasteiger charge is -2.36. The van der Waals surface area contributed by atoms with E-state index in [0.29, 0.717) is 5.02 Å². The first-order chi connectivity index (χ1) is 9.37. The molecule has 1 fully saturated rings. The Morgan fingerprint density at radius 1 is 1.45 bits per heavy atom. The molecule has 5 heteroatoms. The van der Waals surface area contributed by atoms with E-state index in [0.717, 1.165) is 48.9 Å². The van der Waals surface area contributed by atoms with Crippen molar-refractivity contribution in [3.05, 3.63) is 33.3 Å². The molecule has 0 amide bonds. The predicted molar refractivity (Wildman–Crippen MR) is 87.0 cm³/mol. The summed E-state index contributed by atoms with van der Waals surface area (Å²) in [5.41, 5.74) is 6.75. The summed E-state index contributed by atoms with van der Waals surface area (Å²) in [5.74, 6) is 0. The highest BCUT2D eigenvalue weighted by atomic mass is 79.9. The molecule has 1 aliphatic heterocycles. The second-order valence-corrected chi connectivity index (χ2v) is 7.22. The average molecular weight is 362 g/mol. The predicted octanol–water partition coefficient (Wildman–Crippen LogP) is 3.34. The summed E-state index contributed by atoms with van der Waals surface area (Å²) in [6.07, 6.45) is 2.55. The van der Waals surface area contributed by atoms with Gasteiger partial charge in [-0.1, -0.05) is 33.6 Å². The largest absolute Gasteiger partial charge is 0.390 e. The molecule has 1 aromatic rings. The average Bonchev–Trinajstić information content (AvgIpc) is 2.37. The van der Waals surface area contributed by atoms with Crippen LogP contribution in [0.2, 0.25) is 5.02 Å². The lowest BCUT2D eigenvalue weighted by Crippen LogP contribution is -2.43. The van der Waals surface area contributed by atoms with Gasteiger partial charge in [-0.15, -0.1) is 0 Å². The maximum absolute atomic E-state index is 9.94. The molecule has 1 atom stereocenters. The summed E-state index contributed by atoms with van der Waals surface area (Å²) >= 11 is 9.63. The zero-order valence-electron chi connectivity index (χ0n) is 11.8. The first-order valence-electron chi connectivity index (χ1n) is 7.03. The molecule has 112 valence electrons. The highest BCUT2D eigenvalue weighted by Gasteiger charge is 2.27. The molecule has 0 bridgehead atoms. The van der Waals surface area contributed by atoms with Gasteiger partial charge in [0.15, 0.2) is 0 Å². The van der Waals surface area contributed by atoms with Gasteiger partial charge in [0, 0.05) is 28.6 Å². The van der Waals surface area contributed by atoms with Crippen molar-refractivity contribution in [2.75, 3.05) is 19.6 Å². The second kappa shape index (κ2) is 6.75. The summed E-state index contributed by atoms with van der Waals surface area (Å²) in [6.45, 7) is 4.74. The fraction of sp³-hybridized carbons (Fsp3) is 0.600. The van der Waals surface area contributed by atoms with E-state index in [1.165, 1.54) is 0 Å². The third-order valence-corrected chi connectivity index (χ3v) is 4.87. The topological polar surface area (TPSA) is 49.5 Å². The molecule has 0 aliphatic carbocycles. The van der Waals surface area contributed by atoms with Crippen LogP contribution in [0.15, 0.2) is 22.7 Å². The van der Waals surface area contributed by atoms with Crippen LogP contribution in [0.4, 0.5) is 0 Å². The molecule has 20 heavy (non-hydrogen) atoms. The number of rotatable bonds is 4. The monoisotopic (exact) mass is 360 g/mol. The Morgan fingerprint density at radius 2 is 2.10 bits per heavy atom. The third-order valence-electron chi connectivity index (χ3n) is 4.05. The molecule has 3 nitrogen and oxygen atoms in total. The van der Waals surface area contributed by atoms with Gasteiger partial charge >= 0.3 is 0 Å². The van der Waals surface area contributed by atoms with Gasteiger partial charge in [-0.05, 0) is 50.4 Å². The Hall–Kier alpha value is -0.130.